The zero-order valence-electron chi connectivity index (χ0n) is 8.47. The molecule has 0 saturated heterocycles. The molecule has 0 fully saturated rings. The molecule has 0 aromatic carbocycles. The van der Waals surface area contributed by atoms with E-state index in [4.69, 9.17) is 5.11 Å². The highest BCUT2D eigenvalue weighted by Gasteiger charge is 2.08. The van der Waals surface area contributed by atoms with Crippen molar-refractivity contribution in [3.05, 3.63) is 35.1 Å². The second kappa shape index (κ2) is 4.28. The molecule has 0 aliphatic carbocycles. The van der Waals surface area contributed by atoms with Crippen molar-refractivity contribution in [2.75, 3.05) is 5.32 Å². The number of nitrogens with one attached hydrogen (secondary N) is 1. The summed E-state index contributed by atoms with van der Waals surface area (Å²) in [4.78, 5) is 18.8. The van der Waals surface area contributed by atoms with Crippen molar-refractivity contribution < 1.29 is 9.90 Å². The van der Waals surface area contributed by atoms with Crippen molar-refractivity contribution in [2.24, 2.45) is 0 Å². The van der Waals surface area contributed by atoms with E-state index < -0.39 is 5.97 Å². The minimum Gasteiger partial charge on any atom is -0.477 e. The van der Waals surface area contributed by atoms with Gasteiger partial charge in [-0.1, -0.05) is 11.3 Å². The molecule has 16 heavy (non-hydrogen) atoms. The highest BCUT2D eigenvalue weighted by Crippen LogP contribution is 2.22. The van der Waals surface area contributed by atoms with E-state index in [0.29, 0.717) is 5.13 Å². The first-order valence-electron chi connectivity index (χ1n) is 4.53. The number of carboxylic acid groups (broad SMARTS) is 1. The molecule has 0 unspecified atom stereocenters. The van der Waals surface area contributed by atoms with Crippen LogP contribution >= 0.6 is 11.3 Å². The van der Waals surface area contributed by atoms with Crippen molar-refractivity contribution in [1.82, 2.24) is 9.97 Å². The normalized spacial score (nSPS) is 10.1. The van der Waals surface area contributed by atoms with Gasteiger partial charge >= 0.3 is 5.97 Å². The van der Waals surface area contributed by atoms with Gasteiger partial charge in [0.05, 0.1) is 18.1 Å². The van der Waals surface area contributed by atoms with E-state index in [1.54, 1.807) is 12.4 Å². The summed E-state index contributed by atoms with van der Waals surface area (Å²) in [6.07, 6.45) is 4.74. The molecule has 0 bridgehead atoms. The molecule has 0 aliphatic rings. The zero-order chi connectivity index (χ0) is 11.5. The molecule has 2 N–H and O–H groups in total. The Morgan fingerprint density at radius 3 is 2.88 bits per heavy atom. The topological polar surface area (TPSA) is 75.1 Å². The lowest BCUT2D eigenvalue weighted by Crippen LogP contribution is -1.90. The van der Waals surface area contributed by atoms with E-state index in [9.17, 15) is 4.79 Å². The monoisotopic (exact) mass is 235 g/mol. The number of pyridine rings is 1. The molecule has 0 amide bonds. The summed E-state index contributed by atoms with van der Waals surface area (Å²) in [6.45, 7) is 1.93. The van der Waals surface area contributed by atoms with E-state index in [0.717, 1.165) is 22.6 Å². The number of carbonyl (C=O) groups is 1. The summed E-state index contributed by atoms with van der Waals surface area (Å²) < 4.78 is 0. The molecule has 6 heteroatoms. The fourth-order valence-electron chi connectivity index (χ4n) is 1.18. The van der Waals surface area contributed by atoms with Crippen LogP contribution in [0.5, 0.6) is 0 Å². The molecule has 0 radical (unpaired) electrons. The molecule has 82 valence electrons. The molecule has 0 saturated carbocycles. The second-order valence-corrected chi connectivity index (χ2v) is 4.24. The lowest BCUT2D eigenvalue weighted by molar-refractivity contribution is 0.0702. The van der Waals surface area contributed by atoms with E-state index in [2.05, 4.69) is 15.3 Å². The standard InChI is InChI=1S/C10H9N3O2S/c1-6-2-7(4-11-3-6)13-10-12-5-8(16-10)9(14)15/h2-5H,1H3,(H,12,13)(H,14,15). The number of rotatable bonds is 3. The van der Waals surface area contributed by atoms with Gasteiger partial charge in [-0.25, -0.2) is 9.78 Å². The Hall–Kier alpha value is -1.95. The van der Waals surface area contributed by atoms with E-state index in [1.165, 1.54) is 6.20 Å². The molecule has 5 nitrogen and oxygen atoms in total. The lowest BCUT2D eigenvalue weighted by atomic mass is 10.3. The first-order chi connectivity index (χ1) is 7.65. The van der Waals surface area contributed by atoms with Crippen LogP contribution in [-0.4, -0.2) is 21.0 Å². The van der Waals surface area contributed by atoms with Crippen molar-refractivity contribution >= 4 is 28.1 Å². The van der Waals surface area contributed by atoms with Crippen LogP contribution in [0, 0.1) is 6.92 Å². The van der Waals surface area contributed by atoms with Crippen LogP contribution in [0.25, 0.3) is 0 Å². The molecule has 0 aliphatic heterocycles. The number of anilines is 2. The number of carboxylic acids is 1. The molecule has 2 aromatic rings. The number of hydrogen-bond acceptors (Lipinski definition) is 5. The van der Waals surface area contributed by atoms with E-state index >= 15 is 0 Å². The number of aromatic carboxylic acids is 1. The Kier molecular flexibility index (Phi) is 2.82. The fraction of sp³-hybridized carbons (Fsp3) is 0.100. The van der Waals surface area contributed by atoms with Gasteiger partial charge in [0, 0.05) is 6.20 Å². The summed E-state index contributed by atoms with van der Waals surface area (Å²) in [5.41, 5.74) is 1.83. The quantitative estimate of drug-likeness (QED) is 0.853. The maximum atomic E-state index is 10.7. The van der Waals surface area contributed by atoms with E-state index in [1.807, 2.05) is 13.0 Å². The summed E-state index contributed by atoms with van der Waals surface area (Å²) in [6, 6.07) is 1.91. The number of thiazole rings is 1. The van der Waals surface area contributed by atoms with Gasteiger partial charge in [0.2, 0.25) is 0 Å². The minimum atomic E-state index is -0.965. The SMILES string of the molecule is Cc1cncc(Nc2ncc(C(=O)O)s2)c1. The Labute approximate surface area is 95.8 Å². The van der Waals surface area contributed by atoms with Crippen molar-refractivity contribution in [1.29, 1.82) is 0 Å². The van der Waals surface area contributed by atoms with Crippen LogP contribution in [0.1, 0.15) is 15.2 Å². The fourth-order valence-corrected chi connectivity index (χ4v) is 1.85. The summed E-state index contributed by atoms with van der Waals surface area (Å²) in [7, 11) is 0. The van der Waals surface area contributed by atoms with Gasteiger partial charge < -0.3 is 10.4 Å². The van der Waals surface area contributed by atoms with Gasteiger partial charge in [-0.2, -0.15) is 0 Å². The van der Waals surface area contributed by atoms with Gasteiger partial charge in [0.15, 0.2) is 5.13 Å². The lowest BCUT2D eigenvalue weighted by Gasteiger charge is -2.01. The second-order valence-electron chi connectivity index (χ2n) is 3.21. The smallest absolute Gasteiger partial charge is 0.347 e. The number of hydrogen-bond donors (Lipinski definition) is 2. The average Bonchev–Trinajstić information content (AvgIpc) is 2.66. The molecule has 0 atom stereocenters. The molecule has 2 aromatic heterocycles. The largest absolute Gasteiger partial charge is 0.477 e. The highest BCUT2D eigenvalue weighted by molar-refractivity contribution is 7.17. The molecule has 2 heterocycles. The van der Waals surface area contributed by atoms with Crippen LogP contribution in [-0.2, 0) is 0 Å². The first-order valence-corrected chi connectivity index (χ1v) is 5.34. The number of aromatic nitrogens is 2. The van der Waals surface area contributed by atoms with Crippen molar-refractivity contribution in [3.63, 3.8) is 0 Å². The highest BCUT2D eigenvalue weighted by atomic mass is 32.1. The van der Waals surface area contributed by atoms with Gasteiger partial charge in [0.25, 0.3) is 0 Å². The first kappa shape index (κ1) is 10.6. The van der Waals surface area contributed by atoms with Gasteiger partial charge in [-0.15, -0.1) is 0 Å². The van der Waals surface area contributed by atoms with Crippen LogP contribution in [0.15, 0.2) is 24.7 Å². The number of nitrogens with zero attached hydrogens (tertiary/aromatic N) is 2. The Morgan fingerprint density at radius 1 is 1.44 bits per heavy atom. The van der Waals surface area contributed by atoms with Crippen LogP contribution < -0.4 is 5.32 Å². The van der Waals surface area contributed by atoms with Crippen molar-refractivity contribution in [2.45, 2.75) is 6.92 Å². The Morgan fingerprint density at radius 2 is 2.25 bits per heavy atom. The summed E-state index contributed by atoms with van der Waals surface area (Å²) in [5, 5.41) is 12.3. The van der Waals surface area contributed by atoms with Crippen molar-refractivity contribution in [3.8, 4) is 0 Å². The molecular formula is C10H9N3O2S. The third kappa shape index (κ3) is 2.34. The van der Waals surface area contributed by atoms with Gasteiger partial charge in [-0.05, 0) is 18.6 Å². The predicted octanol–water partition coefficient (Wildman–Crippen LogP) is 2.29. The Balaban J connectivity index is 2.17. The zero-order valence-corrected chi connectivity index (χ0v) is 9.28. The van der Waals surface area contributed by atoms with E-state index in [-0.39, 0.29) is 4.88 Å². The average molecular weight is 235 g/mol. The Bertz CT molecular complexity index is 524. The maximum Gasteiger partial charge on any atom is 0.347 e. The maximum absolute atomic E-state index is 10.7. The molecule has 2 rings (SSSR count). The summed E-state index contributed by atoms with van der Waals surface area (Å²) in [5.74, 6) is -0.965. The summed E-state index contributed by atoms with van der Waals surface area (Å²) >= 11 is 1.09. The van der Waals surface area contributed by atoms with Crippen LogP contribution in [0.2, 0.25) is 0 Å². The van der Waals surface area contributed by atoms with Gasteiger partial charge in [-0.3, -0.25) is 4.98 Å². The van der Waals surface area contributed by atoms with Crippen LogP contribution in [0.3, 0.4) is 0 Å². The van der Waals surface area contributed by atoms with Gasteiger partial charge in [0.1, 0.15) is 4.88 Å². The third-order valence-corrected chi connectivity index (χ3v) is 2.74. The minimum absolute atomic E-state index is 0.211. The van der Waals surface area contributed by atoms with Crippen LogP contribution in [0.4, 0.5) is 10.8 Å². The molecule has 0 spiro atoms. The third-order valence-electron chi connectivity index (χ3n) is 1.84. The number of aryl methyl sites for hydroxylation is 1. The predicted molar refractivity (Wildman–Crippen MR) is 61.3 cm³/mol. The molecular weight excluding hydrogens is 226 g/mol.